The van der Waals surface area contributed by atoms with E-state index in [2.05, 4.69) is 0 Å². The van der Waals surface area contributed by atoms with Gasteiger partial charge in [0.15, 0.2) is 0 Å². The van der Waals surface area contributed by atoms with E-state index in [9.17, 15) is 0 Å². The largest absolute Gasteiger partial charge is 0.193 e. The molecule has 0 bridgehead atoms. The summed E-state index contributed by atoms with van der Waals surface area (Å²) in [6.45, 7) is 0. The van der Waals surface area contributed by atoms with Gasteiger partial charge in [-0.25, -0.2) is 0 Å². The molecule has 0 saturated carbocycles. The van der Waals surface area contributed by atoms with Gasteiger partial charge in [-0.05, 0) is 12.0 Å². The Hall–Kier alpha value is -1.80. The third-order valence-corrected chi connectivity index (χ3v) is 1.45. The minimum absolute atomic E-state index is 0.470. The molecule has 1 aliphatic carbocycles. The number of hydrogen-bond acceptors (Lipinski definition) is 2. The minimum Gasteiger partial charge on any atom is -0.193 e. The van der Waals surface area contributed by atoms with E-state index in [1.165, 1.54) is 6.08 Å². The maximum absolute atomic E-state index is 8.58. The molecule has 0 radical (unpaired) electrons. The van der Waals surface area contributed by atoms with Gasteiger partial charge in [0.25, 0.3) is 0 Å². The molecule has 52 valence electrons. The summed E-state index contributed by atoms with van der Waals surface area (Å²) in [6.07, 6.45) is 7.74. The van der Waals surface area contributed by atoms with Gasteiger partial charge in [-0.1, -0.05) is 18.2 Å². The highest BCUT2D eigenvalue weighted by Gasteiger charge is 2.04. The molecule has 0 fully saturated rings. The average molecular weight is 142 g/mol. The molecular formula is C9H6N2. The number of hydrogen-bond donors (Lipinski definition) is 0. The van der Waals surface area contributed by atoms with Crippen LogP contribution in [0.15, 0.2) is 35.5 Å². The van der Waals surface area contributed by atoms with Gasteiger partial charge in [-0.3, -0.25) is 0 Å². The molecule has 11 heavy (non-hydrogen) atoms. The molecule has 0 aromatic rings. The lowest BCUT2D eigenvalue weighted by Gasteiger charge is -1.93. The van der Waals surface area contributed by atoms with E-state index < -0.39 is 0 Å². The van der Waals surface area contributed by atoms with Gasteiger partial charge in [0.2, 0.25) is 0 Å². The van der Waals surface area contributed by atoms with Gasteiger partial charge < -0.3 is 0 Å². The van der Waals surface area contributed by atoms with Gasteiger partial charge in [0.05, 0.1) is 11.6 Å². The Morgan fingerprint density at radius 3 is 2.82 bits per heavy atom. The predicted octanol–water partition coefficient (Wildman–Crippen LogP) is 1.85. The van der Waals surface area contributed by atoms with E-state index >= 15 is 0 Å². The lowest BCUT2D eigenvalue weighted by Crippen LogP contribution is -1.81. The first kappa shape index (κ1) is 7.31. The number of rotatable bonds is 1. The molecule has 0 aliphatic heterocycles. The Bertz CT molecular complexity index is 318. The molecular weight excluding hydrogens is 136 g/mol. The smallest absolute Gasteiger partial charge is 0.100 e. The molecule has 1 rings (SSSR count). The normalized spacial score (nSPS) is 15.5. The molecule has 2 nitrogen and oxygen atoms in total. The average Bonchev–Trinajstić information content (AvgIpc) is 2.52. The molecule has 0 unspecified atom stereocenters. The van der Waals surface area contributed by atoms with Crippen molar-refractivity contribution >= 4 is 0 Å². The second-order valence-corrected chi connectivity index (χ2v) is 2.12. The Morgan fingerprint density at radius 2 is 2.36 bits per heavy atom. The van der Waals surface area contributed by atoms with E-state index in [4.69, 9.17) is 10.5 Å². The van der Waals surface area contributed by atoms with Crippen LogP contribution in [-0.4, -0.2) is 0 Å². The Balaban J connectivity index is 2.84. The zero-order chi connectivity index (χ0) is 8.10. The van der Waals surface area contributed by atoms with Crippen LogP contribution in [0.4, 0.5) is 0 Å². The maximum Gasteiger partial charge on any atom is 0.100 e. The maximum atomic E-state index is 8.58. The number of nitrogens with zero attached hydrogens (tertiary/aromatic N) is 2. The number of allylic oxidation sites excluding steroid dienone is 6. The molecule has 0 spiro atoms. The molecule has 0 heterocycles. The monoisotopic (exact) mass is 142 g/mol. The van der Waals surface area contributed by atoms with Crippen molar-refractivity contribution in [2.75, 3.05) is 0 Å². The first-order chi connectivity index (χ1) is 5.38. The fourth-order valence-corrected chi connectivity index (χ4v) is 0.908. The fourth-order valence-electron chi connectivity index (χ4n) is 0.908. The van der Waals surface area contributed by atoms with Crippen molar-refractivity contribution in [1.82, 2.24) is 0 Å². The lowest BCUT2D eigenvalue weighted by molar-refractivity contribution is 1.28. The Labute approximate surface area is 65.4 Å². The van der Waals surface area contributed by atoms with Crippen molar-refractivity contribution in [2.45, 2.75) is 6.42 Å². The molecule has 0 aromatic carbocycles. The molecule has 2 heteroatoms. The lowest BCUT2D eigenvalue weighted by atomic mass is 10.1. The first-order valence-corrected chi connectivity index (χ1v) is 3.24. The summed E-state index contributed by atoms with van der Waals surface area (Å²) in [5.41, 5.74) is 1.39. The van der Waals surface area contributed by atoms with Gasteiger partial charge in [0, 0.05) is 6.08 Å². The van der Waals surface area contributed by atoms with Crippen molar-refractivity contribution in [3.8, 4) is 12.1 Å². The van der Waals surface area contributed by atoms with Crippen LogP contribution in [-0.2, 0) is 0 Å². The third kappa shape index (κ3) is 1.56. The predicted molar refractivity (Wildman–Crippen MR) is 41.1 cm³/mol. The minimum atomic E-state index is 0.470. The zero-order valence-corrected chi connectivity index (χ0v) is 5.91. The van der Waals surface area contributed by atoms with Crippen LogP contribution >= 0.6 is 0 Å². The summed E-state index contributed by atoms with van der Waals surface area (Å²) in [4.78, 5) is 0. The van der Waals surface area contributed by atoms with Gasteiger partial charge in [-0.15, -0.1) is 0 Å². The van der Waals surface area contributed by atoms with Crippen molar-refractivity contribution in [1.29, 1.82) is 10.5 Å². The van der Waals surface area contributed by atoms with Crippen molar-refractivity contribution in [3.63, 3.8) is 0 Å². The molecule has 0 N–H and O–H groups in total. The topological polar surface area (TPSA) is 47.6 Å². The van der Waals surface area contributed by atoms with E-state index in [1.54, 1.807) is 0 Å². The van der Waals surface area contributed by atoms with Crippen LogP contribution in [0.3, 0.4) is 0 Å². The summed E-state index contributed by atoms with van der Waals surface area (Å²) in [5, 5.41) is 16.9. The van der Waals surface area contributed by atoms with Crippen LogP contribution in [0.2, 0.25) is 0 Å². The Morgan fingerprint density at radius 1 is 1.55 bits per heavy atom. The molecule has 0 aromatic heterocycles. The zero-order valence-electron chi connectivity index (χ0n) is 5.91. The van der Waals surface area contributed by atoms with Crippen molar-refractivity contribution in [3.05, 3.63) is 35.5 Å². The highest BCUT2D eigenvalue weighted by molar-refractivity contribution is 5.49. The first-order valence-electron chi connectivity index (χ1n) is 3.24. The van der Waals surface area contributed by atoms with E-state index in [-0.39, 0.29) is 0 Å². The van der Waals surface area contributed by atoms with Crippen molar-refractivity contribution < 1.29 is 0 Å². The Kier molecular flexibility index (Phi) is 2.25. The summed E-state index contributed by atoms with van der Waals surface area (Å²) >= 11 is 0. The molecule has 0 saturated heterocycles. The third-order valence-electron chi connectivity index (χ3n) is 1.45. The van der Waals surface area contributed by atoms with Gasteiger partial charge >= 0.3 is 0 Å². The van der Waals surface area contributed by atoms with E-state index in [0.29, 0.717) is 5.57 Å². The standard InChI is InChI=1S/C9H6N2/c10-6-5-9(7-11)8-3-1-2-4-8/h1-3,5H,4H2/b9-5-. The molecule has 1 aliphatic rings. The van der Waals surface area contributed by atoms with Crippen LogP contribution in [0.5, 0.6) is 0 Å². The van der Waals surface area contributed by atoms with Gasteiger partial charge in [0.1, 0.15) is 6.07 Å². The van der Waals surface area contributed by atoms with Crippen LogP contribution in [0, 0.1) is 22.7 Å². The number of nitriles is 2. The summed E-state index contributed by atoms with van der Waals surface area (Å²) in [5.74, 6) is 0. The van der Waals surface area contributed by atoms with E-state index in [0.717, 1.165) is 12.0 Å². The van der Waals surface area contributed by atoms with Crippen LogP contribution in [0.25, 0.3) is 0 Å². The second-order valence-electron chi connectivity index (χ2n) is 2.12. The molecule has 0 atom stereocenters. The summed E-state index contributed by atoms with van der Waals surface area (Å²) in [6, 6.07) is 3.82. The van der Waals surface area contributed by atoms with Crippen LogP contribution in [0.1, 0.15) is 6.42 Å². The van der Waals surface area contributed by atoms with Crippen molar-refractivity contribution in [2.24, 2.45) is 0 Å². The highest BCUT2D eigenvalue weighted by atomic mass is 14.3. The quantitative estimate of drug-likeness (QED) is 0.524. The van der Waals surface area contributed by atoms with E-state index in [1.807, 2.05) is 30.4 Å². The highest BCUT2D eigenvalue weighted by Crippen LogP contribution is 2.18. The summed E-state index contributed by atoms with van der Waals surface area (Å²) < 4.78 is 0. The summed E-state index contributed by atoms with van der Waals surface area (Å²) in [7, 11) is 0. The SMILES string of the molecule is N#C/C=C(/C#N)C1=CC=CC1. The van der Waals surface area contributed by atoms with Gasteiger partial charge in [-0.2, -0.15) is 10.5 Å². The fraction of sp³-hybridized carbons (Fsp3) is 0.111. The van der Waals surface area contributed by atoms with Crippen LogP contribution < -0.4 is 0 Å². The molecule has 0 amide bonds. The second kappa shape index (κ2) is 3.39.